The Kier molecular flexibility index (Phi) is 3.65. The number of primary amides is 1. The minimum absolute atomic E-state index is 0.359. The van der Waals surface area contributed by atoms with E-state index in [4.69, 9.17) is 5.73 Å². The molecular weight excluding hydrogens is 327 g/mol. The number of fused-ring (bicyclic) bond motifs is 3. The van der Waals surface area contributed by atoms with Crippen LogP contribution in [0.4, 0.5) is 10.2 Å². The average Bonchev–Trinajstić information content (AvgIpc) is 3.14. The fourth-order valence-corrected chi connectivity index (χ4v) is 4.38. The van der Waals surface area contributed by atoms with E-state index in [1.165, 1.54) is 28.9 Å². The normalized spacial score (nSPS) is 14.5. The molecule has 24 heavy (non-hydrogen) atoms. The highest BCUT2D eigenvalue weighted by atomic mass is 32.1. The van der Waals surface area contributed by atoms with Crippen LogP contribution in [0.5, 0.6) is 0 Å². The monoisotopic (exact) mass is 342 g/mol. The molecule has 2 heterocycles. The number of thiophene rings is 1. The molecule has 1 unspecified atom stereocenters. The lowest BCUT2D eigenvalue weighted by molar-refractivity contribution is -0.118. The summed E-state index contributed by atoms with van der Waals surface area (Å²) in [5, 5.41) is 4.11. The van der Waals surface area contributed by atoms with Gasteiger partial charge in [-0.15, -0.1) is 11.3 Å². The second-order valence-electron chi connectivity index (χ2n) is 5.79. The summed E-state index contributed by atoms with van der Waals surface area (Å²) < 4.78 is 13.1. The summed E-state index contributed by atoms with van der Waals surface area (Å²) in [6, 6.07) is 4.94. The van der Waals surface area contributed by atoms with Gasteiger partial charge >= 0.3 is 0 Å². The van der Waals surface area contributed by atoms with Gasteiger partial charge in [0, 0.05) is 4.88 Å². The van der Waals surface area contributed by atoms with Gasteiger partial charge in [0.1, 0.15) is 28.8 Å². The van der Waals surface area contributed by atoms with E-state index < -0.39 is 11.9 Å². The van der Waals surface area contributed by atoms with Crippen molar-refractivity contribution in [3.05, 3.63) is 52.4 Å². The highest BCUT2D eigenvalue weighted by Crippen LogP contribution is 2.39. The molecule has 1 aliphatic carbocycles. The molecule has 122 valence electrons. The molecule has 4 rings (SSSR count). The lowest BCUT2D eigenvalue weighted by Crippen LogP contribution is -2.28. The number of nitrogens with zero attached hydrogens (tertiary/aromatic N) is 2. The Bertz CT molecular complexity index is 922. The third kappa shape index (κ3) is 2.50. The van der Waals surface area contributed by atoms with E-state index in [2.05, 4.69) is 15.3 Å². The van der Waals surface area contributed by atoms with Crippen LogP contribution < -0.4 is 11.1 Å². The number of halogens is 1. The van der Waals surface area contributed by atoms with Crippen molar-refractivity contribution in [1.29, 1.82) is 0 Å². The summed E-state index contributed by atoms with van der Waals surface area (Å²) in [5.74, 6) is -0.296. The fraction of sp³-hybridized carbons (Fsp3) is 0.235. The quantitative estimate of drug-likeness (QED) is 0.764. The van der Waals surface area contributed by atoms with Gasteiger partial charge in [-0.3, -0.25) is 4.79 Å². The van der Waals surface area contributed by atoms with Gasteiger partial charge in [0.15, 0.2) is 0 Å². The summed E-state index contributed by atoms with van der Waals surface area (Å²) >= 11 is 1.68. The lowest BCUT2D eigenvalue weighted by atomic mass is 10.1. The zero-order valence-corrected chi connectivity index (χ0v) is 13.6. The minimum Gasteiger partial charge on any atom is -0.368 e. The van der Waals surface area contributed by atoms with Gasteiger partial charge in [-0.25, -0.2) is 14.4 Å². The minimum atomic E-state index is -0.777. The molecule has 3 aromatic rings. The molecule has 0 bridgehead atoms. The first kappa shape index (κ1) is 15.0. The molecule has 3 N–H and O–H groups in total. The SMILES string of the molecule is NC(=O)C(Nc1ncnc2sc3c(c12)CCC3)c1ccc(F)cc1. The number of carbonyl (C=O) groups excluding carboxylic acids is 1. The Morgan fingerprint density at radius 1 is 1.25 bits per heavy atom. The summed E-state index contributed by atoms with van der Waals surface area (Å²) in [5.41, 5.74) is 7.41. The Morgan fingerprint density at radius 3 is 2.79 bits per heavy atom. The van der Waals surface area contributed by atoms with Crippen molar-refractivity contribution < 1.29 is 9.18 Å². The summed E-state index contributed by atoms with van der Waals surface area (Å²) in [6.45, 7) is 0. The first-order valence-electron chi connectivity index (χ1n) is 7.70. The van der Waals surface area contributed by atoms with Gasteiger partial charge in [-0.05, 0) is 42.5 Å². The van der Waals surface area contributed by atoms with Gasteiger partial charge in [0.25, 0.3) is 0 Å². The lowest BCUT2D eigenvalue weighted by Gasteiger charge is -2.17. The molecule has 7 heteroatoms. The Balaban J connectivity index is 1.76. The van der Waals surface area contributed by atoms with Crippen molar-refractivity contribution >= 4 is 33.3 Å². The number of rotatable bonds is 4. The number of aryl methyl sites for hydroxylation is 2. The van der Waals surface area contributed by atoms with Crippen LogP contribution in [0, 0.1) is 5.82 Å². The molecule has 1 aromatic carbocycles. The van der Waals surface area contributed by atoms with Gasteiger partial charge in [-0.1, -0.05) is 12.1 Å². The van der Waals surface area contributed by atoms with E-state index in [1.807, 2.05) is 0 Å². The number of benzene rings is 1. The zero-order chi connectivity index (χ0) is 16.7. The van der Waals surface area contributed by atoms with Gasteiger partial charge in [0.05, 0.1) is 5.39 Å². The third-order valence-corrected chi connectivity index (χ3v) is 5.47. The first-order chi connectivity index (χ1) is 11.6. The number of nitrogens with one attached hydrogen (secondary N) is 1. The van der Waals surface area contributed by atoms with Crippen molar-refractivity contribution in [2.75, 3.05) is 5.32 Å². The Hall–Kier alpha value is -2.54. The van der Waals surface area contributed by atoms with Gasteiger partial charge in [-0.2, -0.15) is 0 Å². The zero-order valence-electron chi connectivity index (χ0n) is 12.8. The second-order valence-corrected chi connectivity index (χ2v) is 6.87. The van der Waals surface area contributed by atoms with Crippen LogP contribution in [0.15, 0.2) is 30.6 Å². The van der Waals surface area contributed by atoms with E-state index in [0.29, 0.717) is 11.4 Å². The molecule has 1 aliphatic rings. The van der Waals surface area contributed by atoms with E-state index in [9.17, 15) is 9.18 Å². The predicted octanol–water partition coefficient (Wildman–Crippen LogP) is 2.96. The average molecular weight is 342 g/mol. The third-order valence-electron chi connectivity index (χ3n) is 4.27. The number of nitrogens with two attached hydrogens (primary N) is 1. The van der Waals surface area contributed by atoms with E-state index in [1.54, 1.807) is 23.5 Å². The smallest absolute Gasteiger partial charge is 0.244 e. The van der Waals surface area contributed by atoms with Crippen molar-refractivity contribution in [2.45, 2.75) is 25.3 Å². The standard InChI is InChI=1S/C17H15FN4OS/c18-10-6-4-9(5-7-10)14(15(19)23)22-16-13-11-2-1-3-12(11)24-17(13)21-8-20-16/h4-8,14H,1-3H2,(H2,19,23)(H,20,21,22). The van der Waals surface area contributed by atoms with Crippen molar-refractivity contribution in [3.63, 3.8) is 0 Å². The van der Waals surface area contributed by atoms with Gasteiger partial charge < -0.3 is 11.1 Å². The molecule has 0 radical (unpaired) electrons. The maximum Gasteiger partial charge on any atom is 0.244 e. The molecule has 0 fully saturated rings. The van der Waals surface area contributed by atoms with Crippen LogP contribution in [-0.2, 0) is 17.6 Å². The van der Waals surface area contributed by atoms with Crippen molar-refractivity contribution in [3.8, 4) is 0 Å². The summed E-state index contributed by atoms with van der Waals surface area (Å²) in [6.07, 6.45) is 4.67. The van der Waals surface area contributed by atoms with Gasteiger partial charge in [0.2, 0.25) is 5.91 Å². The molecule has 1 amide bonds. The van der Waals surface area contributed by atoms with Crippen LogP contribution in [0.3, 0.4) is 0 Å². The van der Waals surface area contributed by atoms with Crippen LogP contribution in [0.2, 0.25) is 0 Å². The highest BCUT2D eigenvalue weighted by Gasteiger charge is 2.24. The fourth-order valence-electron chi connectivity index (χ4n) is 3.15. The summed E-state index contributed by atoms with van der Waals surface area (Å²) in [4.78, 5) is 22.8. The van der Waals surface area contributed by atoms with Crippen LogP contribution in [0.1, 0.15) is 28.5 Å². The molecular formula is C17H15FN4OS. The maximum absolute atomic E-state index is 13.1. The molecule has 5 nitrogen and oxygen atoms in total. The second kappa shape index (κ2) is 5.83. The van der Waals surface area contributed by atoms with Crippen LogP contribution in [0.25, 0.3) is 10.2 Å². The van der Waals surface area contributed by atoms with Crippen LogP contribution in [-0.4, -0.2) is 15.9 Å². The van der Waals surface area contributed by atoms with E-state index in [-0.39, 0.29) is 5.82 Å². The Morgan fingerprint density at radius 2 is 2.04 bits per heavy atom. The molecule has 0 spiro atoms. The molecule has 0 aliphatic heterocycles. The molecule has 0 saturated carbocycles. The molecule has 0 saturated heterocycles. The Labute approximate surface area is 141 Å². The van der Waals surface area contributed by atoms with Crippen molar-refractivity contribution in [2.24, 2.45) is 5.73 Å². The highest BCUT2D eigenvalue weighted by molar-refractivity contribution is 7.19. The summed E-state index contributed by atoms with van der Waals surface area (Å²) in [7, 11) is 0. The van der Waals surface area contributed by atoms with E-state index in [0.717, 1.165) is 29.5 Å². The van der Waals surface area contributed by atoms with Crippen LogP contribution >= 0.6 is 11.3 Å². The molecule has 2 aromatic heterocycles. The first-order valence-corrected chi connectivity index (χ1v) is 8.51. The number of hydrogen-bond donors (Lipinski definition) is 2. The van der Waals surface area contributed by atoms with E-state index >= 15 is 0 Å². The maximum atomic E-state index is 13.1. The number of aromatic nitrogens is 2. The topological polar surface area (TPSA) is 80.9 Å². The number of carbonyl (C=O) groups is 1. The molecule has 1 atom stereocenters. The number of amides is 1. The number of hydrogen-bond acceptors (Lipinski definition) is 5. The largest absolute Gasteiger partial charge is 0.368 e. The predicted molar refractivity (Wildman–Crippen MR) is 91.4 cm³/mol. The number of anilines is 1. The van der Waals surface area contributed by atoms with Crippen molar-refractivity contribution in [1.82, 2.24) is 9.97 Å².